The molecule has 0 aromatic heterocycles. The number of hydrogen-bond donors (Lipinski definition) is 2. The fourth-order valence-corrected chi connectivity index (χ4v) is 0.856. The molecule has 0 unspecified atom stereocenters. The summed E-state index contributed by atoms with van der Waals surface area (Å²) in [6, 6.07) is 0. The first-order valence-corrected chi connectivity index (χ1v) is 4.01. The summed E-state index contributed by atoms with van der Waals surface area (Å²) < 4.78 is 0. The average molecular weight is 154 g/mol. The van der Waals surface area contributed by atoms with E-state index >= 15 is 0 Å². The average Bonchev–Trinajstić information content (AvgIpc) is 2.09. The molecule has 2 heteroatoms. The fourth-order valence-electron chi connectivity index (χ4n) is 0.856. The Bertz CT molecular complexity index is 183. The molecule has 0 aromatic rings. The number of rotatable bonds is 1. The molecule has 0 heterocycles. The van der Waals surface area contributed by atoms with Gasteiger partial charge >= 0.3 is 0 Å². The highest BCUT2D eigenvalue weighted by atomic mass is 14.6. The zero-order valence-corrected chi connectivity index (χ0v) is 7.22. The molecule has 0 fully saturated rings. The molecule has 64 valence electrons. The quantitative estimate of drug-likeness (QED) is 0.560. The fraction of sp³-hybridized carbons (Fsp3) is 0.444. The highest BCUT2D eigenvalue weighted by Gasteiger charge is 1.99. The molecule has 1 rings (SSSR count). The van der Waals surface area contributed by atoms with Crippen LogP contribution in [0.1, 0.15) is 28.1 Å². The largest absolute Gasteiger partial charge is 0.398 e. The Morgan fingerprint density at radius 1 is 1.45 bits per heavy atom. The van der Waals surface area contributed by atoms with Gasteiger partial charge in [0.15, 0.2) is 0 Å². The van der Waals surface area contributed by atoms with Gasteiger partial charge in [-0.1, -0.05) is 26.0 Å². The van der Waals surface area contributed by atoms with Crippen molar-refractivity contribution in [1.82, 2.24) is 0 Å². The lowest BCUT2D eigenvalue weighted by atomic mass is 10.1. The van der Waals surface area contributed by atoms with E-state index in [2.05, 4.69) is 0 Å². The van der Waals surface area contributed by atoms with Crippen molar-refractivity contribution < 1.29 is 1.43 Å². The van der Waals surface area contributed by atoms with E-state index in [0.717, 1.165) is 24.1 Å². The minimum atomic E-state index is 0. The summed E-state index contributed by atoms with van der Waals surface area (Å²) in [6.07, 6.45) is 7.28. The third-order valence-electron chi connectivity index (χ3n) is 1.38. The van der Waals surface area contributed by atoms with Crippen molar-refractivity contribution in [2.24, 2.45) is 5.73 Å². The Labute approximate surface area is 69.8 Å². The van der Waals surface area contributed by atoms with Crippen LogP contribution in [0, 0.1) is 5.41 Å². The summed E-state index contributed by atoms with van der Waals surface area (Å²) in [5, 5.41) is 6.91. The minimum Gasteiger partial charge on any atom is -0.398 e. The molecule has 1 aliphatic carbocycles. The smallest absolute Gasteiger partial charge is 0.0359 e. The van der Waals surface area contributed by atoms with Gasteiger partial charge in [-0.25, -0.2) is 0 Å². The monoisotopic (exact) mass is 154 g/mol. The lowest BCUT2D eigenvalue weighted by Crippen LogP contribution is -2.04. The Balaban J connectivity index is 0. The van der Waals surface area contributed by atoms with Crippen LogP contribution in [-0.4, -0.2) is 6.21 Å². The van der Waals surface area contributed by atoms with Gasteiger partial charge in [-0.2, -0.15) is 0 Å². The van der Waals surface area contributed by atoms with Crippen LogP contribution in [0.15, 0.2) is 23.4 Å². The molecule has 3 N–H and O–H groups in total. The van der Waals surface area contributed by atoms with E-state index in [1.807, 2.05) is 26.0 Å². The first kappa shape index (κ1) is 9.95. The molecule has 0 bridgehead atoms. The zero-order valence-electron chi connectivity index (χ0n) is 7.22. The van der Waals surface area contributed by atoms with Crippen LogP contribution in [0.4, 0.5) is 0 Å². The van der Waals surface area contributed by atoms with E-state index in [4.69, 9.17) is 11.1 Å². The van der Waals surface area contributed by atoms with Gasteiger partial charge in [0.25, 0.3) is 0 Å². The van der Waals surface area contributed by atoms with Crippen molar-refractivity contribution in [2.45, 2.75) is 26.7 Å². The molecule has 0 spiro atoms. The first-order chi connectivity index (χ1) is 5.34. The maximum Gasteiger partial charge on any atom is 0.0359 e. The summed E-state index contributed by atoms with van der Waals surface area (Å²) in [6.45, 7) is 4.00. The molecule has 2 nitrogen and oxygen atoms in total. The Morgan fingerprint density at radius 2 is 2.00 bits per heavy atom. The summed E-state index contributed by atoms with van der Waals surface area (Å²) in [4.78, 5) is 0. The topological polar surface area (TPSA) is 49.9 Å². The number of allylic oxidation sites excluding steroid dienone is 3. The van der Waals surface area contributed by atoms with Gasteiger partial charge in [-0.3, -0.25) is 0 Å². The van der Waals surface area contributed by atoms with Gasteiger partial charge in [0.1, 0.15) is 0 Å². The molecule has 0 saturated carbocycles. The van der Waals surface area contributed by atoms with Crippen LogP contribution in [0.3, 0.4) is 0 Å². The lowest BCUT2D eigenvalue weighted by molar-refractivity contribution is 1.00. The molecule has 0 saturated heterocycles. The molecule has 0 aliphatic heterocycles. The summed E-state index contributed by atoms with van der Waals surface area (Å²) in [5.41, 5.74) is 7.14. The Morgan fingerprint density at radius 3 is 2.36 bits per heavy atom. The van der Waals surface area contributed by atoms with Gasteiger partial charge in [0.05, 0.1) is 0 Å². The highest BCUT2D eigenvalue weighted by molar-refractivity contribution is 5.82. The van der Waals surface area contributed by atoms with E-state index in [0.29, 0.717) is 0 Å². The third kappa shape index (κ3) is 3.03. The van der Waals surface area contributed by atoms with E-state index in [1.54, 1.807) is 0 Å². The van der Waals surface area contributed by atoms with Crippen molar-refractivity contribution in [3.05, 3.63) is 23.4 Å². The van der Waals surface area contributed by atoms with Crippen LogP contribution in [-0.2, 0) is 0 Å². The SMILES string of the molecule is CC.N=CC1=CCCC=C1N.[HH]. The molecule has 0 atom stereocenters. The number of nitrogens with one attached hydrogen (secondary N) is 1. The van der Waals surface area contributed by atoms with Crippen LogP contribution < -0.4 is 5.73 Å². The van der Waals surface area contributed by atoms with Gasteiger partial charge in [-0.05, 0) is 12.8 Å². The minimum absolute atomic E-state index is 0. The molecule has 11 heavy (non-hydrogen) atoms. The van der Waals surface area contributed by atoms with Gasteiger partial charge in [-0.15, -0.1) is 0 Å². The van der Waals surface area contributed by atoms with Crippen LogP contribution in [0.25, 0.3) is 0 Å². The summed E-state index contributed by atoms with van der Waals surface area (Å²) in [7, 11) is 0. The molecular weight excluding hydrogens is 136 g/mol. The van der Waals surface area contributed by atoms with Crippen molar-refractivity contribution in [3.63, 3.8) is 0 Å². The van der Waals surface area contributed by atoms with Crippen LogP contribution in [0.5, 0.6) is 0 Å². The van der Waals surface area contributed by atoms with Crippen LogP contribution in [0.2, 0.25) is 0 Å². The second-order valence-corrected chi connectivity index (χ2v) is 2.04. The molecular formula is C9H18N2. The molecule has 0 radical (unpaired) electrons. The maximum absolute atomic E-state index is 6.91. The Kier molecular flexibility index (Phi) is 5.17. The van der Waals surface area contributed by atoms with Gasteiger partial charge in [0, 0.05) is 18.9 Å². The third-order valence-corrected chi connectivity index (χ3v) is 1.38. The van der Waals surface area contributed by atoms with E-state index < -0.39 is 0 Å². The summed E-state index contributed by atoms with van der Waals surface area (Å²) in [5.74, 6) is 0. The Hall–Kier alpha value is -1.05. The van der Waals surface area contributed by atoms with E-state index in [-0.39, 0.29) is 1.43 Å². The van der Waals surface area contributed by atoms with Gasteiger partial charge in [0.2, 0.25) is 0 Å². The molecule has 1 aliphatic rings. The first-order valence-electron chi connectivity index (χ1n) is 4.01. The van der Waals surface area contributed by atoms with Crippen molar-refractivity contribution in [1.29, 1.82) is 5.41 Å². The second-order valence-electron chi connectivity index (χ2n) is 2.04. The van der Waals surface area contributed by atoms with Crippen LogP contribution >= 0.6 is 0 Å². The maximum atomic E-state index is 6.91. The number of hydrogen-bond acceptors (Lipinski definition) is 2. The standard InChI is InChI=1S/C7H10N2.C2H6.H2/c8-5-6-3-1-2-4-7(6)9;1-2;/h3-5,8H,1-2,9H2;1-2H3;1H. The lowest BCUT2D eigenvalue weighted by Gasteiger charge is -2.05. The number of nitrogens with two attached hydrogens (primary N) is 1. The predicted molar refractivity (Wildman–Crippen MR) is 51.8 cm³/mol. The molecule has 0 aromatic carbocycles. The van der Waals surface area contributed by atoms with Crippen molar-refractivity contribution in [3.8, 4) is 0 Å². The van der Waals surface area contributed by atoms with Gasteiger partial charge < -0.3 is 11.1 Å². The van der Waals surface area contributed by atoms with Crippen molar-refractivity contribution in [2.75, 3.05) is 0 Å². The van der Waals surface area contributed by atoms with E-state index in [1.165, 1.54) is 6.21 Å². The second kappa shape index (κ2) is 5.71. The molecule has 0 amide bonds. The normalized spacial score (nSPS) is 15.5. The van der Waals surface area contributed by atoms with Crippen molar-refractivity contribution >= 4 is 6.21 Å². The zero-order chi connectivity index (χ0) is 8.69. The van der Waals surface area contributed by atoms with E-state index in [9.17, 15) is 0 Å². The predicted octanol–water partition coefficient (Wildman–Crippen LogP) is 2.47. The summed E-state index contributed by atoms with van der Waals surface area (Å²) >= 11 is 0. The highest BCUT2D eigenvalue weighted by Crippen LogP contribution is 2.11.